The fourth-order valence-corrected chi connectivity index (χ4v) is 5.60. The molecule has 7 heteroatoms. The number of likely N-dealkylation sites (N-methyl/N-ethyl adjacent to an activating group) is 1. The van der Waals surface area contributed by atoms with E-state index in [1.165, 1.54) is 5.56 Å². The molecule has 2 aromatic carbocycles. The van der Waals surface area contributed by atoms with E-state index in [1.54, 1.807) is 20.3 Å². The second kappa shape index (κ2) is 9.20. The van der Waals surface area contributed by atoms with E-state index in [-0.39, 0.29) is 17.5 Å². The van der Waals surface area contributed by atoms with Gasteiger partial charge in [-0.2, -0.15) is 0 Å². The number of rotatable bonds is 5. The molecule has 1 saturated heterocycles. The average molecular weight is 458 g/mol. The number of hydrogen-bond donors (Lipinski definition) is 2. The first-order chi connectivity index (χ1) is 15.4. The topological polar surface area (TPSA) is 62.8 Å². The first-order valence-corrected chi connectivity index (χ1v) is 11.5. The Morgan fingerprint density at radius 1 is 1.12 bits per heavy atom. The van der Waals surface area contributed by atoms with E-state index in [1.807, 2.05) is 25.1 Å². The van der Waals surface area contributed by atoms with E-state index in [4.69, 9.17) is 21.1 Å². The predicted octanol–water partition coefficient (Wildman–Crippen LogP) is 4.98. The standard InChI is InChI=1S/C25H32ClN3O3/c1-16-5-7-18(14-20(16)26)27-24(30)28-19-9-10-25(11-12-29(2)23(25)15-19)17-6-8-21(31-3)22(13-17)32-4/h5-8,13-14,19,23H,9-12,15H2,1-4H3,(H2,27,28,30). The Hall–Kier alpha value is -2.44. The highest BCUT2D eigenvalue weighted by molar-refractivity contribution is 6.31. The second-order valence-electron chi connectivity index (χ2n) is 9.01. The van der Waals surface area contributed by atoms with Gasteiger partial charge in [0.25, 0.3) is 0 Å². The maximum atomic E-state index is 12.6. The zero-order valence-corrected chi connectivity index (χ0v) is 20.0. The van der Waals surface area contributed by atoms with Crippen molar-refractivity contribution in [2.75, 3.05) is 33.1 Å². The maximum Gasteiger partial charge on any atom is 0.319 e. The number of methoxy groups -OCH3 is 2. The van der Waals surface area contributed by atoms with Crippen molar-refractivity contribution in [3.05, 3.63) is 52.5 Å². The van der Waals surface area contributed by atoms with Crippen molar-refractivity contribution in [2.45, 2.75) is 50.1 Å². The molecule has 3 atom stereocenters. The number of fused-ring (bicyclic) bond motifs is 1. The van der Waals surface area contributed by atoms with Crippen LogP contribution in [0, 0.1) is 6.92 Å². The van der Waals surface area contributed by atoms with Gasteiger partial charge in [-0.25, -0.2) is 4.79 Å². The summed E-state index contributed by atoms with van der Waals surface area (Å²) in [6.07, 6.45) is 3.96. The maximum absolute atomic E-state index is 12.6. The molecule has 2 fully saturated rings. The first kappa shape index (κ1) is 22.7. The molecule has 2 N–H and O–H groups in total. The number of nitrogens with one attached hydrogen (secondary N) is 2. The Kier molecular flexibility index (Phi) is 6.54. The fraction of sp³-hybridized carbons (Fsp3) is 0.480. The number of likely N-dealkylation sites (tertiary alicyclic amines) is 1. The van der Waals surface area contributed by atoms with Crippen molar-refractivity contribution < 1.29 is 14.3 Å². The monoisotopic (exact) mass is 457 g/mol. The van der Waals surface area contributed by atoms with Crippen LogP contribution in [0.5, 0.6) is 11.5 Å². The highest BCUT2D eigenvalue weighted by atomic mass is 35.5. The summed E-state index contributed by atoms with van der Waals surface area (Å²) < 4.78 is 11.0. The second-order valence-corrected chi connectivity index (χ2v) is 9.41. The van der Waals surface area contributed by atoms with Gasteiger partial charge >= 0.3 is 6.03 Å². The molecule has 3 unspecified atom stereocenters. The lowest BCUT2D eigenvalue weighted by atomic mass is 9.65. The molecule has 2 aliphatic rings. The van der Waals surface area contributed by atoms with Crippen LogP contribution in [0.4, 0.5) is 10.5 Å². The molecule has 0 radical (unpaired) electrons. The number of ether oxygens (including phenoxy) is 2. The van der Waals surface area contributed by atoms with Gasteiger partial charge in [0, 0.05) is 28.2 Å². The molecule has 0 aromatic heterocycles. The van der Waals surface area contributed by atoms with Gasteiger partial charge in [0.05, 0.1) is 14.2 Å². The fourth-order valence-electron chi connectivity index (χ4n) is 5.42. The van der Waals surface area contributed by atoms with Gasteiger partial charge in [0.2, 0.25) is 0 Å². The number of amides is 2. The minimum absolute atomic E-state index is 0.0629. The van der Waals surface area contributed by atoms with E-state index < -0.39 is 0 Å². The Balaban J connectivity index is 1.47. The van der Waals surface area contributed by atoms with Crippen molar-refractivity contribution in [3.8, 4) is 11.5 Å². The largest absolute Gasteiger partial charge is 0.493 e. The minimum atomic E-state index is -0.186. The Morgan fingerprint density at radius 3 is 2.62 bits per heavy atom. The number of nitrogens with zero attached hydrogens (tertiary/aromatic N) is 1. The number of benzene rings is 2. The number of carbonyl (C=O) groups is 1. The van der Waals surface area contributed by atoms with Crippen molar-refractivity contribution in [3.63, 3.8) is 0 Å². The molecule has 0 bridgehead atoms. The van der Waals surface area contributed by atoms with Crippen LogP contribution in [0.3, 0.4) is 0 Å². The lowest BCUT2D eigenvalue weighted by molar-refractivity contribution is 0.156. The molecule has 1 heterocycles. The van der Waals surface area contributed by atoms with Gasteiger partial charge in [-0.1, -0.05) is 23.7 Å². The van der Waals surface area contributed by atoms with Crippen molar-refractivity contribution >= 4 is 23.3 Å². The third-order valence-corrected chi connectivity index (χ3v) is 7.66. The molecule has 1 saturated carbocycles. The number of anilines is 1. The van der Waals surface area contributed by atoms with Gasteiger partial charge in [0.15, 0.2) is 11.5 Å². The molecular weight excluding hydrogens is 426 g/mol. The smallest absolute Gasteiger partial charge is 0.319 e. The zero-order valence-electron chi connectivity index (χ0n) is 19.2. The molecule has 1 aliphatic heterocycles. The van der Waals surface area contributed by atoms with Crippen LogP contribution in [0.15, 0.2) is 36.4 Å². The minimum Gasteiger partial charge on any atom is -0.493 e. The van der Waals surface area contributed by atoms with Gasteiger partial charge < -0.3 is 25.0 Å². The third kappa shape index (κ3) is 4.26. The number of carbonyl (C=O) groups excluding carboxylic acids is 1. The van der Waals surface area contributed by atoms with Crippen molar-refractivity contribution in [2.24, 2.45) is 0 Å². The molecule has 6 nitrogen and oxygen atoms in total. The summed E-state index contributed by atoms with van der Waals surface area (Å²) >= 11 is 6.19. The summed E-state index contributed by atoms with van der Waals surface area (Å²) in [5.74, 6) is 1.52. The summed E-state index contributed by atoms with van der Waals surface area (Å²) in [4.78, 5) is 15.1. The third-order valence-electron chi connectivity index (χ3n) is 7.25. The lowest BCUT2D eigenvalue weighted by Gasteiger charge is -2.45. The molecular formula is C25H32ClN3O3. The van der Waals surface area contributed by atoms with Crippen molar-refractivity contribution in [1.82, 2.24) is 10.2 Å². The summed E-state index contributed by atoms with van der Waals surface area (Å²) in [5.41, 5.74) is 3.04. The summed E-state index contributed by atoms with van der Waals surface area (Å²) in [6, 6.07) is 12.2. The number of urea groups is 1. The van der Waals surface area contributed by atoms with E-state index in [0.29, 0.717) is 16.8 Å². The molecule has 2 amide bonds. The SMILES string of the molecule is COc1ccc(C23CCC(NC(=O)Nc4ccc(C)c(Cl)c4)CC2N(C)CC3)cc1OC. The van der Waals surface area contributed by atoms with Gasteiger partial charge in [0.1, 0.15) is 0 Å². The molecule has 32 heavy (non-hydrogen) atoms. The van der Waals surface area contributed by atoms with Gasteiger partial charge in [-0.15, -0.1) is 0 Å². The summed E-state index contributed by atoms with van der Waals surface area (Å²) in [5, 5.41) is 6.74. The van der Waals surface area contributed by atoms with E-state index in [0.717, 1.165) is 49.3 Å². The molecule has 2 aromatic rings. The highest BCUT2D eigenvalue weighted by Gasteiger charge is 2.50. The predicted molar refractivity (Wildman–Crippen MR) is 128 cm³/mol. The van der Waals surface area contributed by atoms with Gasteiger partial charge in [-0.3, -0.25) is 0 Å². The summed E-state index contributed by atoms with van der Waals surface area (Å²) in [6.45, 7) is 2.98. The quantitative estimate of drug-likeness (QED) is 0.664. The van der Waals surface area contributed by atoms with Crippen LogP contribution in [0.1, 0.15) is 36.8 Å². The molecule has 172 valence electrons. The highest BCUT2D eigenvalue weighted by Crippen LogP contribution is 2.49. The van der Waals surface area contributed by atoms with E-state index >= 15 is 0 Å². The van der Waals surface area contributed by atoms with Crippen LogP contribution in [-0.4, -0.2) is 50.8 Å². The Bertz CT molecular complexity index is 998. The van der Waals surface area contributed by atoms with Crippen LogP contribution in [-0.2, 0) is 5.41 Å². The number of aryl methyl sites for hydroxylation is 1. The van der Waals surface area contributed by atoms with Crippen molar-refractivity contribution in [1.29, 1.82) is 0 Å². The van der Waals surface area contributed by atoms with E-state index in [2.05, 4.69) is 34.7 Å². The lowest BCUT2D eigenvalue weighted by Crippen LogP contribution is -2.52. The molecule has 1 aliphatic carbocycles. The summed E-state index contributed by atoms with van der Waals surface area (Å²) in [7, 11) is 5.52. The Morgan fingerprint density at radius 2 is 1.91 bits per heavy atom. The molecule has 4 rings (SSSR count). The molecule has 0 spiro atoms. The number of halogens is 1. The normalized spacial score (nSPS) is 25.2. The zero-order chi connectivity index (χ0) is 22.9. The Labute approximate surface area is 195 Å². The van der Waals surface area contributed by atoms with Gasteiger partial charge in [-0.05, 0) is 81.6 Å². The first-order valence-electron chi connectivity index (χ1n) is 11.1. The van der Waals surface area contributed by atoms with Crippen LogP contribution >= 0.6 is 11.6 Å². The van der Waals surface area contributed by atoms with Crippen LogP contribution in [0.2, 0.25) is 5.02 Å². The van der Waals surface area contributed by atoms with E-state index in [9.17, 15) is 4.79 Å². The van der Waals surface area contributed by atoms with Crippen LogP contribution < -0.4 is 20.1 Å². The van der Waals surface area contributed by atoms with Crippen LogP contribution in [0.25, 0.3) is 0 Å². The number of hydrogen-bond acceptors (Lipinski definition) is 4. The average Bonchev–Trinajstić information content (AvgIpc) is 3.13.